The molecule has 1 saturated heterocycles. The van der Waals surface area contributed by atoms with E-state index in [1.165, 1.54) is 10.6 Å². The lowest BCUT2D eigenvalue weighted by molar-refractivity contribution is 0.387. The fourth-order valence-corrected chi connectivity index (χ4v) is 4.06. The van der Waals surface area contributed by atoms with Gasteiger partial charge in [0.25, 0.3) is 0 Å². The SMILES string of the molecule is CS(=O)(=O)N1CCN(c2nc3ccccc3nc2-c2ccccc2)CC1. The fourth-order valence-electron chi connectivity index (χ4n) is 3.23. The molecule has 1 aliphatic rings. The van der Waals surface area contributed by atoms with E-state index >= 15 is 0 Å². The molecule has 1 aromatic heterocycles. The van der Waals surface area contributed by atoms with Crippen LogP contribution in [0.3, 0.4) is 0 Å². The van der Waals surface area contributed by atoms with Crippen molar-refractivity contribution in [3.05, 3.63) is 54.6 Å². The number of hydrogen-bond donors (Lipinski definition) is 0. The van der Waals surface area contributed by atoms with Gasteiger partial charge in [-0.3, -0.25) is 0 Å². The first kappa shape index (κ1) is 16.9. The lowest BCUT2D eigenvalue weighted by Crippen LogP contribution is -2.48. The van der Waals surface area contributed by atoms with Crippen molar-refractivity contribution in [3.8, 4) is 11.3 Å². The van der Waals surface area contributed by atoms with Crippen LogP contribution >= 0.6 is 0 Å². The molecule has 0 atom stereocenters. The average molecular weight is 368 g/mol. The van der Waals surface area contributed by atoms with E-state index in [0.717, 1.165) is 28.1 Å². The Morgan fingerprint density at radius 2 is 1.38 bits per heavy atom. The van der Waals surface area contributed by atoms with Crippen LogP contribution in [0.2, 0.25) is 0 Å². The van der Waals surface area contributed by atoms with Crippen molar-refractivity contribution >= 4 is 26.9 Å². The van der Waals surface area contributed by atoms with Crippen LogP contribution in [-0.2, 0) is 10.0 Å². The summed E-state index contributed by atoms with van der Waals surface area (Å²) in [6, 6.07) is 17.8. The second-order valence-corrected chi connectivity index (χ2v) is 8.38. The summed E-state index contributed by atoms with van der Waals surface area (Å²) in [5.74, 6) is 0.808. The number of para-hydroxylation sites is 2. The highest BCUT2D eigenvalue weighted by atomic mass is 32.2. The molecule has 1 aliphatic heterocycles. The molecule has 26 heavy (non-hydrogen) atoms. The Morgan fingerprint density at radius 1 is 0.808 bits per heavy atom. The molecule has 4 rings (SSSR count). The molecular formula is C19H20N4O2S. The zero-order valence-electron chi connectivity index (χ0n) is 14.5. The maximum atomic E-state index is 11.8. The Bertz CT molecular complexity index is 1030. The number of aromatic nitrogens is 2. The van der Waals surface area contributed by atoms with E-state index in [2.05, 4.69) is 4.90 Å². The van der Waals surface area contributed by atoms with Crippen LogP contribution in [0, 0.1) is 0 Å². The van der Waals surface area contributed by atoms with E-state index in [4.69, 9.17) is 9.97 Å². The first-order valence-electron chi connectivity index (χ1n) is 8.55. The largest absolute Gasteiger partial charge is 0.352 e. The predicted octanol–water partition coefficient (Wildman–Crippen LogP) is 2.38. The molecule has 0 radical (unpaired) electrons. The van der Waals surface area contributed by atoms with E-state index in [1.54, 1.807) is 0 Å². The van der Waals surface area contributed by atoms with Gasteiger partial charge in [0.1, 0.15) is 5.69 Å². The van der Waals surface area contributed by atoms with Crippen LogP contribution in [0.1, 0.15) is 0 Å². The van der Waals surface area contributed by atoms with Crippen LogP contribution < -0.4 is 4.90 Å². The Kier molecular flexibility index (Phi) is 4.34. The molecule has 0 N–H and O–H groups in total. The normalized spacial score (nSPS) is 16.1. The quantitative estimate of drug-likeness (QED) is 0.710. The molecule has 0 saturated carbocycles. The van der Waals surface area contributed by atoms with Crippen LogP contribution in [0.15, 0.2) is 54.6 Å². The van der Waals surface area contributed by atoms with Gasteiger partial charge in [0.2, 0.25) is 10.0 Å². The Labute approximate surface area is 153 Å². The van der Waals surface area contributed by atoms with Gasteiger partial charge in [-0.25, -0.2) is 18.4 Å². The van der Waals surface area contributed by atoms with Crippen molar-refractivity contribution in [1.82, 2.24) is 14.3 Å². The van der Waals surface area contributed by atoms with Crippen LogP contribution in [-0.4, -0.2) is 55.1 Å². The van der Waals surface area contributed by atoms with Gasteiger partial charge >= 0.3 is 0 Å². The van der Waals surface area contributed by atoms with E-state index in [1.807, 2.05) is 54.6 Å². The summed E-state index contributed by atoms with van der Waals surface area (Å²) in [5.41, 5.74) is 3.53. The van der Waals surface area contributed by atoms with Crippen molar-refractivity contribution in [2.45, 2.75) is 0 Å². The van der Waals surface area contributed by atoms with Gasteiger partial charge in [-0.2, -0.15) is 4.31 Å². The van der Waals surface area contributed by atoms with Gasteiger partial charge in [0.15, 0.2) is 5.82 Å². The first-order valence-corrected chi connectivity index (χ1v) is 10.4. The molecule has 134 valence electrons. The average Bonchev–Trinajstić information content (AvgIpc) is 2.67. The monoisotopic (exact) mass is 368 g/mol. The Morgan fingerprint density at radius 3 is 2.00 bits per heavy atom. The number of sulfonamides is 1. The molecule has 0 aliphatic carbocycles. The zero-order chi connectivity index (χ0) is 18.1. The molecule has 2 aromatic carbocycles. The van der Waals surface area contributed by atoms with Crippen LogP contribution in [0.5, 0.6) is 0 Å². The van der Waals surface area contributed by atoms with E-state index in [0.29, 0.717) is 26.2 Å². The van der Waals surface area contributed by atoms with Crippen LogP contribution in [0.4, 0.5) is 5.82 Å². The molecule has 2 heterocycles. The van der Waals surface area contributed by atoms with Gasteiger partial charge in [-0.15, -0.1) is 0 Å². The summed E-state index contributed by atoms with van der Waals surface area (Å²) < 4.78 is 25.1. The molecule has 7 heteroatoms. The smallest absolute Gasteiger partial charge is 0.211 e. The molecule has 0 amide bonds. The maximum Gasteiger partial charge on any atom is 0.211 e. The second kappa shape index (κ2) is 6.66. The van der Waals surface area contributed by atoms with E-state index in [-0.39, 0.29) is 0 Å². The predicted molar refractivity (Wildman–Crippen MR) is 104 cm³/mol. The topological polar surface area (TPSA) is 66.4 Å². The summed E-state index contributed by atoms with van der Waals surface area (Å²) >= 11 is 0. The molecule has 6 nitrogen and oxygen atoms in total. The minimum atomic E-state index is -3.16. The van der Waals surface area contributed by atoms with Crippen molar-refractivity contribution in [2.24, 2.45) is 0 Å². The van der Waals surface area contributed by atoms with Crippen molar-refractivity contribution < 1.29 is 8.42 Å². The standard InChI is InChI=1S/C19H20N4O2S/c1-26(24,25)23-13-11-22(12-14-23)19-18(15-7-3-2-4-8-15)20-16-9-5-6-10-17(16)21-19/h2-10H,11-14H2,1H3. The van der Waals surface area contributed by atoms with Gasteiger partial charge < -0.3 is 4.90 Å². The Hall–Kier alpha value is -2.51. The van der Waals surface area contributed by atoms with Crippen LogP contribution in [0.25, 0.3) is 22.3 Å². The number of fused-ring (bicyclic) bond motifs is 1. The zero-order valence-corrected chi connectivity index (χ0v) is 15.4. The Balaban J connectivity index is 1.76. The van der Waals surface area contributed by atoms with Gasteiger partial charge in [-0.05, 0) is 12.1 Å². The molecule has 0 unspecified atom stereocenters. The molecule has 0 bridgehead atoms. The number of rotatable bonds is 3. The number of piperazine rings is 1. The van der Waals surface area contributed by atoms with Gasteiger partial charge in [0, 0.05) is 31.7 Å². The molecular weight excluding hydrogens is 348 g/mol. The summed E-state index contributed by atoms with van der Waals surface area (Å²) in [6.07, 6.45) is 1.26. The number of hydrogen-bond acceptors (Lipinski definition) is 5. The maximum absolute atomic E-state index is 11.8. The number of benzene rings is 2. The minimum Gasteiger partial charge on any atom is -0.352 e. The van der Waals surface area contributed by atoms with Crippen molar-refractivity contribution in [1.29, 1.82) is 0 Å². The van der Waals surface area contributed by atoms with Crippen molar-refractivity contribution in [3.63, 3.8) is 0 Å². The van der Waals surface area contributed by atoms with E-state index in [9.17, 15) is 8.42 Å². The highest BCUT2D eigenvalue weighted by Crippen LogP contribution is 2.30. The lowest BCUT2D eigenvalue weighted by atomic mass is 10.1. The third-order valence-corrected chi connectivity index (χ3v) is 5.91. The third kappa shape index (κ3) is 3.27. The van der Waals surface area contributed by atoms with Crippen molar-refractivity contribution in [2.75, 3.05) is 37.3 Å². The lowest BCUT2D eigenvalue weighted by Gasteiger charge is -2.34. The summed E-state index contributed by atoms with van der Waals surface area (Å²) in [7, 11) is -3.16. The minimum absolute atomic E-state index is 0.460. The fraction of sp³-hybridized carbons (Fsp3) is 0.263. The van der Waals surface area contributed by atoms with E-state index < -0.39 is 10.0 Å². The summed E-state index contributed by atoms with van der Waals surface area (Å²) in [6.45, 7) is 2.11. The second-order valence-electron chi connectivity index (χ2n) is 6.40. The van der Waals surface area contributed by atoms with Gasteiger partial charge in [0.05, 0.1) is 17.3 Å². The highest BCUT2D eigenvalue weighted by Gasteiger charge is 2.26. The highest BCUT2D eigenvalue weighted by molar-refractivity contribution is 7.88. The summed E-state index contributed by atoms with van der Waals surface area (Å²) in [5, 5.41) is 0. The number of nitrogens with zero attached hydrogens (tertiary/aromatic N) is 4. The summed E-state index contributed by atoms with van der Waals surface area (Å²) in [4.78, 5) is 11.8. The molecule has 0 spiro atoms. The third-order valence-electron chi connectivity index (χ3n) is 4.61. The van der Waals surface area contributed by atoms with Gasteiger partial charge in [-0.1, -0.05) is 42.5 Å². The first-order chi connectivity index (χ1) is 12.5. The molecule has 3 aromatic rings. The number of anilines is 1. The molecule has 1 fully saturated rings.